The van der Waals surface area contributed by atoms with Crippen LogP contribution in [0, 0.1) is 12.8 Å². The van der Waals surface area contributed by atoms with Crippen molar-refractivity contribution in [2.24, 2.45) is 5.92 Å². The zero-order valence-electron chi connectivity index (χ0n) is 5.48. The van der Waals surface area contributed by atoms with Gasteiger partial charge in [0.2, 0.25) is 0 Å². The van der Waals surface area contributed by atoms with Gasteiger partial charge in [0.1, 0.15) is 5.78 Å². The molecule has 0 aromatic heterocycles. The number of carbonyl (C=O) groups excluding carboxylic acids is 1. The summed E-state index contributed by atoms with van der Waals surface area (Å²) in [5.74, 6) is 0.400. The van der Waals surface area contributed by atoms with E-state index in [4.69, 9.17) is 0 Å². The smallest absolute Gasteiger partial charge is 0.105 e. The summed E-state index contributed by atoms with van der Waals surface area (Å²) in [7, 11) is 0. The molecule has 0 heterocycles. The second-order valence-electron chi connectivity index (χ2n) is 1.87. The van der Waals surface area contributed by atoms with Crippen LogP contribution in [0.4, 0.5) is 0 Å². The number of hydrogen-bond acceptors (Lipinski definition) is 1. The molecule has 2 heteroatoms. The van der Waals surface area contributed by atoms with Gasteiger partial charge in [-0.3, -0.25) is 0 Å². The van der Waals surface area contributed by atoms with E-state index in [1.165, 1.54) is 0 Å². The predicted molar refractivity (Wildman–Crippen MR) is 29.8 cm³/mol. The summed E-state index contributed by atoms with van der Waals surface area (Å²) in [6.45, 7) is 7.22. The second kappa shape index (κ2) is 5.90. The van der Waals surface area contributed by atoms with Gasteiger partial charge >= 0.3 is 0 Å². The van der Waals surface area contributed by atoms with Gasteiger partial charge in [-0.1, -0.05) is 13.8 Å². The van der Waals surface area contributed by atoms with Crippen LogP contribution in [0.5, 0.6) is 0 Å². The summed E-state index contributed by atoms with van der Waals surface area (Å²) in [5.41, 5.74) is 0. The Balaban J connectivity index is 0. The van der Waals surface area contributed by atoms with Gasteiger partial charge in [0.25, 0.3) is 0 Å². The van der Waals surface area contributed by atoms with E-state index in [-0.39, 0.29) is 44.4 Å². The monoisotopic (exact) mass is 188 g/mol. The quantitative estimate of drug-likeness (QED) is 0.599. The van der Waals surface area contributed by atoms with E-state index in [2.05, 4.69) is 6.92 Å². The molecule has 0 N–H and O–H groups in total. The summed E-state index contributed by atoms with van der Waals surface area (Å²) in [6, 6.07) is 0. The van der Waals surface area contributed by atoms with E-state index in [0.717, 1.165) is 0 Å². The molecule has 0 bridgehead atoms. The van der Waals surface area contributed by atoms with Gasteiger partial charge in [0.15, 0.2) is 0 Å². The van der Waals surface area contributed by atoms with Crippen molar-refractivity contribution in [2.75, 3.05) is 0 Å². The molecule has 0 unspecified atom stereocenters. The molecule has 0 aliphatic heterocycles. The maximum absolute atomic E-state index is 10.4. The van der Waals surface area contributed by atoms with Gasteiger partial charge in [0, 0.05) is 38.6 Å². The largest absolute Gasteiger partial charge is 0.336 e. The molecule has 1 radical (unpaired) electrons. The third-order valence-electron chi connectivity index (χ3n) is 0.890. The Hall–Kier alpha value is 0.774. The molecule has 0 amide bonds. The van der Waals surface area contributed by atoms with E-state index in [0.29, 0.717) is 6.42 Å². The Morgan fingerprint density at radius 1 is 1.62 bits per heavy atom. The Kier molecular flexibility index (Phi) is 8.53. The molecule has 0 atom stereocenters. The van der Waals surface area contributed by atoms with Crippen molar-refractivity contribution in [3.05, 3.63) is 6.92 Å². The zero-order valence-corrected chi connectivity index (χ0v) is 8.32. The maximum Gasteiger partial charge on any atom is 0.105 e. The molecule has 0 aromatic carbocycles. The van der Waals surface area contributed by atoms with Crippen LogP contribution in [0.25, 0.3) is 0 Å². The summed E-state index contributed by atoms with van der Waals surface area (Å²) >= 11 is 0. The Morgan fingerprint density at radius 2 is 2.00 bits per heavy atom. The summed E-state index contributed by atoms with van der Waals surface area (Å²) in [6.07, 6.45) is 0.428. The van der Waals surface area contributed by atoms with Gasteiger partial charge in [-0.05, 0) is 0 Å². The first-order valence-electron chi connectivity index (χ1n) is 2.50. The van der Waals surface area contributed by atoms with Crippen LogP contribution in [0.15, 0.2) is 0 Å². The van der Waals surface area contributed by atoms with Crippen molar-refractivity contribution in [3.63, 3.8) is 0 Å². The second-order valence-corrected chi connectivity index (χ2v) is 1.87. The van der Waals surface area contributed by atoms with Crippen LogP contribution in [0.1, 0.15) is 20.3 Å². The van der Waals surface area contributed by atoms with Crippen molar-refractivity contribution in [1.82, 2.24) is 0 Å². The van der Waals surface area contributed by atoms with Gasteiger partial charge in [-0.15, -0.1) is 6.42 Å². The van der Waals surface area contributed by atoms with E-state index >= 15 is 0 Å². The average Bonchev–Trinajstić information content (AvgIpc) is 1.65. The van der Waals surface area contributed by atoms with E-state index < -0.39 is 0 Å². The molecule has 8 heavy (non-hydrogen) atoms. The first kappa shape index (κ1) is 11.6. The Bertz CT molecular complexity index is 68.9. The van der Waals surface area contributed by atoms with Crippen molar-refractivity contribution < 1.29 is 37.5 Å². The summed E-state index contributed by atoms with van der Waals surface area (Å²) < 4.78 is 0. The molecule has 0 spiro atoms. The molecule has 0 rings (SSSR count). The van der Waals surface area contributed by atoms with Gasteiger partial charge in [-0.25, -0.2) is 0 Å². The van der Waals surface area contributed by atoms with Crippen LogP contribution in [0.3, 0.4) is 0 Å². The van der Waals surface area contributed by atoms with Crippen molar-refractivity contribution >= 4 is 5.78 Å². The third-order valence-corrected chi connectivity index (χ3v) is 0.890. The molecule has 0 aliphatic rings. The summed E-state index contributed by atoms with van der Waals surface area (Å²) in [4.78, 5) is 10.4. The predicted octanol–water partition coefficient (Wildman–Crippen LogP) is 1.43. The molecule has 45 valence electrons. The van der Waals surface area contributed by atoms with Crippen molar-refractivity contribution in [3.8, 4) is 0 Å². The molecule has 1 nitrogen and oxygen atoms in total. The molecule has 0 saturated carbocycles. The molecule has 0 saturated heterocycles. The molecule has 0 aromatic rings. The van der Waals surface area contributed by atoms with Crippen LogP contribution < -0.4 is 0 Å². The topological polar surface area (TPSA) is 17.1 Å². The zero-order chi connectivity index (χ0) is 5.86. The molecular formula is C6H11OY-. The number of carbonyl (C=O) groups is 1. The van der Waals surface area contributed by atoms with E-state index in [9.17, 15) is 4.79 Å². The average molecular weight is 188 g/mol. The van der Waals surface area contributed by atoms with Crippen molar-refractivity contribution in [1.29, 1.82) is 0 Å². The van der Waals surface area contributed by atoms with Crippen LogP contribution in [-0.4, -0.2) is 5.78 Å². The fourth-order valence-electron chi connectivity index (χ4n) is 0.289. The van der Waals surface area contributed by atoms with Crippen LogP contribution in [0.2, 0.25) is 0 Å². The van der Waals surface area contributed by atoms with Crippen LogP contribution in [-0.2, 0) is 37.5 Å². The summed E-state index contributed by atoms with van der Waals surface area (Å²) in [5, 5.41) is 0. The number of Topliss-reactive ketones (excluding diaryl/α,β-unsaturated/α-hetero) is 1. The van der Waals surface area contributed by atoms with E-state index in [1.807, 2.05) is 13.8 Å². The minimum absolute atomic E-state index is 0. The normalized spacial score (nSPS) is 8.50. The molecule has 0 aliphatic carbocycles. The maximum atomic E-state index is 10.4. The number of rotatable bonds is 2. The van der Waals surface area contributed by atoms with Gasteiger partial charge in [0.05, 0.1) is 0 Å². The SMILES string of the molecule is [CH2-]CC(=O)C(C)C.[Y]. The Labute approximate surface area is 76.1 Å². The van der Waals surface area contributed by atoms with Crippen molar-refractivity contribution in [2.45, 2.75) is 20.3 Å². The standard InChI is InChI=1S/C6H11O.Y/c1-4-6(7)5(2)3;/h5H,1,4H2,2-3H3;/q-1;. The molecular weight excluding hydrogens is 177 g/mol. The first-order chi connectivity index (χ1) is 3.18. The van der Waals surface area contributed by atoms with Crippen LogP contribution >= 0.6 is 0 Å². The fourth-order valence-corrected chi connectivity index (χ4v) is 0.289. The first-order valence-corrected chi connectivity index (χ1v) is 2.50. The molecule has 0 fully saturated rings. The van der Waals surface area contributed by atoms with E-state index in [1.54, 1.807) is 0 Å². The third kappa shape index (κ3) is 4.92. The Morgan fingerprint density at radius 3 is 2.00 bits per heavy atom. The van der Waals surface area contributed by atoms with Gasteiger partial charge < -0.3 is 11.7 Å². The minimum Gasteiger partial charge on any atom is -0.336 e. The minimum atomic E-state index is 0. The van der Waals surface area contributed by atoms with Gasteiger partial charge in [-0.2, -0.15) is 0 Å². The fraction of sp³-hybridized carbons (Fsp3) is 0.667. The number of hydrogen-bond donors (Lipinski definition) is 0. The number of ketones is 1.